The molecule has 0 unspecified atom stereocenters. The molecule has 3 aromatic rings. The fourth-order valence-corrected chi connectivity index (χ4v) is 3.33. The number of aliphatic hydroxyl groups excluding tert-OH is 1. The number of hydrogen-bond donors (Lipinski definition) is 2. The van der Waals surface area contributed by atoms with E-state index in [1.165, 1.54) is 32.4 Å². The molecule has 1 aromatic heterocycles. The summed E-state index contributed by atoms with van der Waals surface area (Å²) in [5.74, 6) is 1.88. The van der Waals surface area contributed by atoms with E-state index in [9.17, 15) is 4.79 Å². The molecule has 0 saturated carbocycles. The van der Waals surface area contributed by atoms with Gasteiger partial charge in [-0.15, -0.1) is 0 Å². The minimum absolute atomic E-state index is 0.140. The van der Waals surface area contributed by atoms with Crippen LogP contribution in [0.25, 0.3) is 0 Å². The Hall–Kier alpha value is -3.57. The molecule has 0 saturated heterocycles. The van der Waals surface area contributed by atoms with Crippen LogP contribution in [0.4, 0.5) is 11.6 Å². The summed E-state index contributed by atoms with van der Waals surface area (Å²) in [5, 5.41) is 12.2. The molecule has 0 aliphatic heterocycles. The predicted molar refractivity (Wildman–Crippen MR) is 130 cm³/mol. The lowest BCUT2D eigenvalue weighted by Crippen LogP contribution is -2.29. The van der Waals surface area contributed by atoms with Crippen LogP contribution in [0.3, 0.4) is 0 Å². The number of nitrogens with zero attached hydrogens (tertiary/aromatic N) is 3. The van der Waals surface area contributed by atoms with Crippen molar-refractivity contribution in [3.05, 3.63) is 52.6 Å². The number of aliphatic hydroxyl groups is 1. The zero-order chi connectivity index (χ0) is 24.7. The zero-order valence-corrected chi connectivity index (χ0v) is 20.7. The van der Waals surface area contributed by atoms with Crippen LogP contribution < -0.4 is 24.3 Å². The first-order valence-corrected chi connectivity index (χ1v) is 10.9. The predicted octanol–water partition coefficient (Wildman–Crippen LogP) is 3.87. The number of carbonyl (C=O) groups excluding carboxylic acids is 1. The lowest BCUT2D eigenvalue weighted by Gasteiger charge is -2.18. The minimum Gasteiger partial charge on any atom is -0.493 e. The number of rotatable bonds is 10. The molecule has 2 N–H and O–H groups in total. The van der Waals surface area contributed by atoms with Crippen LogP contribution in [0.1, 0.15) is 10.4 Å². The summed E-state index contributed by atoms with van der Waals surface area (Å²) in [6.45, 7) is 0.0614. The second-order valence-corrected chi connectivity index (χ2v) is 7.79. The maximum atomic E-state index is 12.8. The molecule has 1 amide bonds. The smallest absolute Gasteiger partial charge is 0.257 e. The van der Waals surface area contributed by atoms with E-state index in [-0.39, 0.29) is 30.9 Å². The van der Waals surface area contributed by atoms with Gasteiger partial charge in [0.15, 0.2) is 11.5 Å². The standard InChI is InChI=1S/C23H25BrN4O6/c1-28(9-10-29)22(30)15-7-5-6-8-17(15)34-21-16(24)13-25-23(27-21)26-14-11-18(31-2)20(33-4)19(12-14)32-3/h5-8,11-13,29H,9-10H2,1-4H3,(H,25,26,27). The number of ether oxygens (including phenoxy) is 4. The van der Waals surface area contributed by atoms with Crippen molar-refractivity contribution in [3.63, 3.8) is 0 Å². The van der Waals surface area contributed by atoms with E-state index >= 15 is 0 Å². The lowest BCUT2D eigenvalue weighted by molar-refractivity contribution is 0.0764. The van der Waals surface area contributed by atoms with Crippen molar-refractivity contribution in [2.45, 2.75) is 0 Å². The van der Waals surface area contributed by atoms with Crippen molar-refractivity contribution in [2.24, 2.45) is 0 Å². The molecule has 0 aliphatic carbocycles. The van der Waals surface area contributed by atoms with E-state index in [0.29, 0.717) is 38.7 Å². The quantitative estimate of drug-likeness (QED) is 0.401. The highest BCUT2D eigenvalue weighted by Crippen LogP contribution is 2.40. The summed E-state index contributed by atoms with van der Waals surface area (Å²) in [6.07, 6.45) is 1.53. The van der Waals surface area contributed by atoms with Crippen LogP contribution in [0, 0.1) is 0 Å². The van der Waals surface area contributed by atoms with Crippen LogP contribution in [0.2, 0.25) is 0 Å². The van der Waals surface area contributed by atoms with Crippen molar-refractivity contribution in [2.75, 3.05) is 46.8 Å². The number of nitrogens with one attached hydrogen (secondary N) is 1. The molecular weight excluding hydrogens is 508 g/mol. The van der Waals surface area contributed by atoms with Crippen LogP contribution in [-0.4, -0.2) is 67.4 Å². The van der Waals surface area contributed by atoms with E-state index in [2.05, 4.69) is 31.2 Å². The molecule has 1 heterocycles. The molecule has 180 valence electrons. The van der Waals surface area contributed by atoms with E-state index in [0.717, 1.165) is 0 Å². The van der Waals surface area contributed by atoms with E-state index in [1.54, 1.807) is 43.4 Å². The Kier molecular flexibility index (Phi) is 8.50. The van der Waals surface area contributed by atoms with Gasteiger partial charge in [-0.3, -0.25) is 4.79 Å². The number of benzene rings is 2. The van der Waals surface area contributed by atoms with Crippen molar-refractivity contribution in [1.82, 2.24) is 14.9 Å². The van der Waals surface area contributed by atoms with Gasteiger partial charge in [-0.25, -0.2) is 4.98 Å². The Morgan fingerprint density at radius 1 is 1.09 bits per heavy atom. The number of anilines is 2. The van der Waals surface area contributed by atoms with Crippen molar-refractivity contribution >= 4 is 33.5 Å². The number of methoxy groups -OCH3 is 3. The molecule has 10 nitrogen and oxygen atoms in total. The van der Waals surface area contributed by atoms with Gasteiger partial charge in [-0.1, -0.05) is 12.1 Å². The van der Waals surface area contributed by atoms with Crippen molar-refractivity contribution < 1.29 is 28.8 Å². The highest BCUT2D eigenvalue weighted by molar-refractivity contribution is 9.10. The van der Waals surface area contributed by atoms with E-state index in [1.807, 2.05) is 0 Å². The first kappa shape index (κ1) is 25.1. The average molecular weight is 533 g/mol. The Balaban J connectivity index is 1.90. The fourth-order valence-electron chi connectivity index (χ4n) is 3.06. The van der Waals surface area contributed by atoms with Crippen LogP contribution in [-0.2, 0) is 0 Å². The first-order chi connectivity index (χ1) is 16.4. The molecule has 0 atom stereocenters. The summed E-state index contributed by atoms with van der Waals surface area (Å²) in [7, 11) is 6.19. The second kappa shape index (κ2) is 11.5. The van der Waals surface area contributed by atoms with Crippen LogP contribution in [0.15, 0.2) is 47.1 Å². The number of hydrogen-bond acceptors (Lipinski definition) is 9. The summed E-state index contributed by atoms with van der Waals surface area (Å²) in [5.41, 5.74) is 0.937. The van der Waals surface area contributed by atoms with Gasteiger partial charge in [0.05, 0.1) is 44.2 Å². The van der Waals surface area contributed by atoms with Gasteiger partial charge in [-0.05, 0) is 28.1 Å². The first-order valence-electron chi connectivity index (χ1n) is 10.1. The Labute approximate surface area is 205 Å². The molecular formula is C23H25BrN4O6. The maximum absolute atomic E-state index is 12.8. The van der Waals surface area contributed by atoms with E-state index < -0.39 is 0 Å². The SMILES string of the molecule is COc1cc(Nc2ncc(Br)c(Oc3ccccc3C(=O)N(C)CCO)n2)cc(OC)c1OC. The Morgan fingerprint density at radius 3 is 2.38 bits per heavy atom. The average Bonchev–Trinajstić information content (AvgIpc) is 2.85. The monoisotopic (exact) mass is 532 g/mol. The number of halogens is 1. The maximum Gasteiger partial charge on any atom is 0.257 e. The molecule has 0 bridgehead atoms. The third-order valence-electron chi connectivity index (χ3n) is 4.74. The highest BCUT2D eigenvalue weighted by Gasteiger charge is 2.19. The molecule has 2 aromatic carbocycles. The van der Waals surface area contributed by atoms with Gasteiger partial charge in [0, 0.05) is 31.4 Å². The minimum atomic E-state index is -0.286. The molecule has 34 heavy (non-hydrogen) atoms. The normalized spacial score (nSPS) is 10.4. The number of carbonyl (C=O) groups is 1. The number of amides is 1. The third-order valence-corrected chi connectivity index (χ3v) is 5.28. The largest absolute Gasteiger partial charge is 0.493 e. The Morgan fingerprint density at radius 2 is 1.76 bits per heavy atom. The summed E-state index contributed by atoms with van der Waals surface area (Å²) >= 11 is 3.39. The molecule has 0 fully saturated rings. The van der Waals surface area contributed by atoms with Crippen LogP contribution in [0.5, 0.6) is 28.9 Å². The summed E-state index contributed by atoms with van der Waals surface area (Å²) < 4.78 is 22.6. The fraction of sp³-hybridized carbons (Fsp3) is 0.261. The van der Waals surface area contributed by atoms with Crippen molar-refractivity contribution in [1.29, 1.82) is 0 Å². The zero-order valence-electron chi connectivity index (χ0n) is 19.2. The molecule has 0 radical (unpaired) electrons. The van der Waals surface area contributed by atoms with Gasteiger partial charge in [0.2, 0.25) is 17.6 Å². The van der Waals surface area contributed by atoms with Crippen molar-refractivity contribution in [3.8, 4) is 28.9 Å². The van der Waals surface area contributed by atoms with Crippen LogP contribution >= 0.6 is 15.9 Å². The van der Waals surface area contributed by atoms with Gasteiger partial charge >= 0.3 is 0 Å². The van der Waals surface area contributed by atoms with Gasteiger partial charge in [0.25, 0.3) is 5.91 Å². The molecule has 3 rings (SSSR count). The third kappa shape index (κ3) is 5.67. The Bertz CT molecular complexity index is 1140. The van der Waals surface area contributed by atoms with Gasteiger partial charge < -0.3 is 34.3 Å². The summed E-state index contributed by atoms with van der Waals surface area (Å²) in [6, 6.07) is 10.2. The number of aromatic nitrogens is 2. The number of para-hydroxylation sites is 1. The highest BCUT2D eigenvalue weighted by atomic mass is 79.9. The molecule has 11 heteroatoms. The summed E-state index contributed by atoms with van der Waals surface area (Å²) in [4.78, 5) is 22.9. The number of likely N-dealkylation sites (N-methyl/N-ethyl adjacent to an activating group) is 1. The topological polar surface area (TPSA) is 115 Å². The molecule has 0 aliphatic rings. The second-order valence-electron chi connectivity index (χ2n) is 6.93. The van der Waals surface area contributed by atoms with E-state index in [4.69, 9.17) is 24.1 Å². The van der Waals surface area contributed by atoms with Gasteiger partial charge in [-0.2, -0.15) is 4.98 Å². The molecule has 0 spiro atoms. The lowest BCUT2D eigenvalue weighted by atomic mass is 10.2. The van der Waals surface area contributed by atoms with Gasteiger partial charge in [0.1, 0.15) is 5.75 Å².